The summed E-state index contributed by atoms with van der Waals surface area (Å²) in [5.41, 5.74) is 2.34. The molecule has 0 bridgehead atoms. The molecule has 0 aromatic heterocycles. The second kappa shape index (κ2) is 8.43. The first kappa shape index (κ1) is 20.9. The van der Waals surface area contributed by atoms with Gasteiger partial charge in [0.1, 0.15) is 5.76 Å². The van der Waals surface area contributed by atoms with Gasteiger partial charge in [-0.15, -0.1) is 0 Å². The normalized spacial score (nSPS) is 19.5. The Bertz CT molecular complexity index is 1040. The molecule has 1 saturated heterocycles. The second-order valence-electron chi connectivity index (χ2n) is 7.87. The number of carbonyl (C=O) groups is 2. The van der Waals surface area contributed by atoms with E-state index in [0.29, 0.717) is 23.0 Å². The smallest absolute Gasteiger partial charge is 0.295 e. The van der Waals surface area contributed by atoms with Crippen molar-refractivity contribution in [3.8, 4) is 11.5 Å². The zero-order valence-electron chi connectivity index (χ0n) is 17.8. The van der Waals surface area contributed by atoms with Crippen molar-refractivity contribution >= 4 is 17.4 Å². The Balaban J connectivity index is 1.82. The number of benzene rings is 2. The maximum Gasteiger partial charge on any atom is 0.295 e. The van der Waals surface area contributed by atoms with Gasteiger partial charge in [0, 0.05) is 19.2 Å². The molecule has 0 radical (unpaired) electrons. The van der Waals surface area contributed by atoms with Gasteiger partial charge >= 0.3 is 0 Å². The van der Waals surface area contributed by atoms with E-state index in [9.17, 15) is 14.7 Å². The molecule has 4 rings (SSSR count). The van der Waals surface area contributed by atoms with Crippen LogP contribution in [0.5, 0.6) is 11.5 Å². The van der Waals surface area contributed by atoms with Crippen LogP contribution in [0.25, 0.3) is 5.76 Å². The Morgan fingerprint density at radius 2 is 1.84 bits per heavy atom. The Morgan fingerprint density at radius 1 is 1.13 bits per heavy atom. The molecule has 7 nitrogen and oxygen atoms in total. The minimum Gasteiger partial charge on any atom is -0.507 e. The summed E-state index contributed by atoms with van der Waals surface area (Å²) in [7, 11) is 1.54. The highest BCUT2D eigenvalue weighted by molar-refractivity contribution is 6.46. The van der Waals surface area contributed by atoms with Crippen LogP contribution < -0.4 is 9.47 Å². The van der Waals surface area contributed by atoms with Gasteiger partial charge < -0.3 is 24.2 Å². The summed E-state index contributed by atoms with van der Waals surface area (Å²) in [4.78, 5) is 27.3. The molecular weight excluding hydrogens is 398 g/mol. The largest absolute Gasteiger partial charge is 0.507 e. The lowest BCUT2D eigenvalue weighted by atomic mass is 9.93. The molecule has 1 unspecified atom stereocenters. The van der Waals surface area contributed by atoms with Crippen molar-refractivity contribution < 1.29 is 28.9 Å². The van der Waals surface area contributed by atoms with Gasteiger partial charge in [-0.05, 0) is 35.2 Å². The molecule has 162 valence electrons. The average molecular weight is 423 g/mol. The van der Waals surface area contributed by atoms with E-state index < -0.39 is 17.7 Å². The average Bonchev–Trinajstić information content (AvgIpc) is 3.34. The van der Waals surface area contributed by atoms with Gasteiger partial charge in [0.05, 0.1) is 18.2 Å². The zero-order chi connectivity index (χ0) is 22.1. The van der Waals surface area contributed by atoms with Crippen LogP contribution in [0.15, 0.2) is 48.0 Å². The number of methoxy groups -OCH3 is 1. The maximum absolute atomic E-state index is 13.0. The number of Topliss-reactive ketones (excluding diaryl/α,β-unsaturated/α-hetero) is 1. The summed E-state index contributed by atoms with van der Waals surface area (Å²) in [6.07, 6.45) is 0. The molecule has 0 spiro atoms. The Labute approximate surface area is 180 Å². The fourth-order valence-corrected chi connectivity index (χ4v) is 3.91. The van der Waals surface area contributed by atoms with Gasteiger partial charge in [0.15, 0.2) is 11.5 Å². The molecule has 1 fully saturated rings. The summed E-state index contributed by atoms with van der Waals surface area (Å²) in [6.45, 7) is 4.80. The molecule has 2 aromatic rings. The Kier molecular flexibility index (Phi) is 5.69. The first-order valence-electron chi connectivity index (χ1n) is 10.2. The van der Waals surface area contributed by atoms with Crippen molar-refractivity contribution in [2.24, 2.45) is 0 Å². The Morgan fingerprint density at radius 3 is 2.52 bits per heavy atom. The number of rotatable bonds is 6. The van der Waals surface area contributed by atoms with E-state index in [1.54, 1.807) is 18.2 Å². The molecule has 2 aromatic carbocycles. The van der Waals surface area contributed by atoms with Gasteiger partial charge in [-0.2, -0.15) is 0 Å². The first-order valence-corrected chi connectivity index (χ1v) is 10.2. The standard InChI is InChI=1S/C24H25NO6/c1-14(2)15-4-6-16(7-5-15)21-20(23(27)24(28)25(21)10-11-29-3)22(26)17-8-9-18-19(12-17)31-13-30-18/h4-9,12,14,21,26H,10-11,13H2,1-3H3/b22-20-. The van der Waals surface area contributed by atoms with E-state index in [1.165, 1.54) is 12.0 Å². The van der Waals surface area contributed by atoms with Crippen LogP contribution in [0, 0.1) is 0 Å². The van der Waals surface area contributed by atoms with Crippen LogP contribution >= 0.6 is 0 Å². The fraction of sp³-hybridized carbons (Fsp3) is 0.333. The number of ketones is 1. The number of carbonyl (C=O) groups excluding carboxylic acids is 2. The van der Waals surface area contributed by atoms with Crippen molar-refractivity contribution in [3.05, 3.63) is 64.7 Å². The predicted octanol–water partition coefficient (Wildman–Crippen LogP) is 3.61. The molecule has 2 aliphatic rings. The maximum atomic E-state index is 13.0. The first-order chi connectivity index (χ1) is 14.9. The molecule has 2 aliphatic heterocycles. The van der Waals surface area contributed by atoms with Gasteiger partial charge in [-0.1, -0.05) is 38.1 Å². The van der Waals surface area contributed by atoms with E-state index in [0.717, 1.165) is 11.1 Å². The summed E-state index contributed by atoms with van der Waals surface area (Å²) in [6, 6.07) is 12.0. The topological polar surface area (TPSA) is 85.3 Å². The highest BCUT2D eigenvalue weighted by Gasteiger charge is 2.46. The fourth-order valence-electron chi connectivity index (χ4n) is 3.91. The van der Waals surface area contributed by atoms with Gasteiger partial charge in [0.2, 0.25) is 6.79 Å². The molecule has 1 N–H and O–H groups in total. The zero-order valence-corrected chi connectivity index (χ0v) is 17.8. The molecule has 1 atom stereocenters. The van der Waals surface area contributed by atoms with E-state index in [-0.39, 0.29) is 31.3 Å². The Hall–Kier alpha value is -3.32. The van der Waals surface area contributed by atoms with Crippen LogP contribution in [0.3, 0.4) is 0 Å². The molecular formula is C24H25NO6. The minimum absolute atomic E-state index is 0.0530. The third kappa shape index (κ3) is 3.77. The molecule has 31 heavy (non-hydrogen) atoms. The highest BCUT2D eigenvalue weighted by atomic mass is 16.7. The van der Waals surface area contributed by atoms with Crippen LogP contribution in [-0.2, 0) is 14.3 Å². The van der Waals surface area contributed by atoms with E-state index in [4.69, 9.17) is 14.2 Å². The minimum atomic E-state index is -0.718. The third-order valence-electron chi connectivity index (χ3n) is 5.64. The van der Waals surface area contributed by atoms with Gasteiger partial charge in [-0.3, -0.25) is 9.59 Å². The van der Waals surface area contributed by atoms with Crippen LogP contribution in [0.4, 0.5) is 0 Å². The number of aliphatic hydroxyl groups is 1. The van der Waals surface area contributed by atoms with Gasteiger partial charge in [-0.25, -0.2) is 0 Å². The number of ether oxygens (including phenoxy) is 3. The molecule has 0 aliphatic carbocycles. The second-order valence-corrected chi connectivity index (χ2v) is 7.87. The lowest BCUT2D eigenvalue weighted by Gasteiger charge is -2.25. The molecule has 1 amide bonds. The van der Waals surface area contributed by atoms with Crippen molar-refractivity contribution in [1.82, 2.24) is 4.90 Å². The van der Waals surface area contributed by atoms with Crippen molar-refractivity contribution in [2.75, 3.05) is 27.1 Å². The summed E-state index contributed by atoms with van der Waals surface area (Å²) in [5, 5.41) is 11.1. The SMILES string of the molecule is COCCN1C(=O)C(=O)/C(=C(\O)c2ccc3c(c2)OCO3)C1c1ccc(C(C)C)cc1. The quantitative estimate of drug-likeness (QED) is 0.434. The lowest BCUT2D eigenvalue weighted by molar-refractivity contribution is -0.140. The highest BCUT2D eigenvalue weighted by Crippen LogP contribution is 2.41. The van der Waals surface area contributed by atoms with Crippen molar-refractivity contribution in [3.63, 3.8) is 0 Å². The summed E-state index contributed by atoms with van der Waals surface area (Å²) >= 11 is 0. The van der Waals surface area contributed by atoms with Crippen LogP contribution in [0.1, 0.15) is 42.5 Å². The van der Waals surface area contributed by atoms with Crippen LogP contribution in [0.2, 0.25) is 0 Å². The molecule has 0 saturated carbocycles. The molecule has 2 heterocycles. The number of aliphatic hydroxyl groups excluding tert-OH is 1. The van der Waals surface area contributed by atoms with E-state index in [2.05, 4.69) is 13.8 Å². The monoisotopic (exact) mass is 423 g/mol. The number of hydrogen-bond donors (Lipinski definition) is 1. The van der Waals surface area contributed by atoms with Crippen molar-refractivity contribution in [2.45, 2.75) is 25.8 Å². The number of likely N-dealkylation sites (tertiary alicyclic amines) is 1. The predicted molar refractivity (Wildman–Crippen MR) is 114 cm³/mol. The van der Waals surface area contributed by atoms with Crippen molar-refractivity contribution in [1.29, 1.82) is 0 Å². The summed E-state index contributed by atoms with van der Waals surface area (Å²) in [5.74, 6) is -0.216. The van der Waals surface area contributed by atoms with Crippen LogP contribution in [-0.4, -0.2) is 48.8 Å². The lowest BCUT2D eigenvalue weighted by Crippen LogP contribution is -2.32. The number of fused-ring (bicyclic) bond motifs is 1. The third-order valence-corrected chi connectivity index (χ3v) is 5.64. The number of nitrogens with zero attached hydrogens (tertiary/aromatic N) is 1. The van der Waals surface area contributed by atoms with Gasteiger partial charge in [0.25, 0.3) is 11.7 Å². The number of amides is 1. The van der Waals surface area contributed by atoms with E-state index in [1.807, 2.05) is 24.3 Å². The molecule has 7 heteroatoms. The van der Waals surface area contributed by atoms with E-state index >= 15 is 0 Å². The summed E-state index contributed by atoms with van der Waals surface area (Å²) < 4.78 is 15.8. The number of hydrogen-bond acceptors (Lipinski definition) is 6.